The minimum atomic E-state index is -1.70. The molecule has 6 unspecified atom stereocenters. The molecule has 6 atom stereocenters. The van der Waals surface area contributed by atoms with Crippen LogP contribution in [-0.4, -0.2) is 63.7 Å². The van der Waals surface area contributed by atoms with E-state index in [0.29, 0.717) is 0 Å². The van der Waals surface area contributed by atoms with Gasteiger partial charge in [0.2, 0.25) is 0 Å². The van der Waals surface area contributed by atoms with Gasteiger partial charge in [0.1, 0.15) is 18.3 Å². The van der Waals surface area contributed by atoms with Crippen LogP contribution in [0.4, 0.5) is 0 Å². The normalized spacial score (nSPS) is 32.4. The van der Waals surface area contributed by atoms with E-state index in [1.54, 1.807) is 0 Å². The average Bonchev–Trinajstić information content (AvgIpc) is 2.52. The second-order valence-electron chi connectivity index (χ2n) is 5.86. The Kier molecular flexibility index (Phi) is 6.09. The Bertz CT molecular complexity index is 506. The van der Waals surface area contributed by atoms with E-state index in [0.717, 1.165) is 12.0 Å². The van der Waals surface area contributed by atoms with Crippen molar-refractivity contribution in [3.63, 3.8) is 0 Å². The van der Waals surface area contributed by atoms with E-state index in [1.807, 2.05) is 37.3 Å². The topological polar surface area (TPSA) is 116 Å². The average molecular weight is 326 g/mol. The lowest BCUT2D eigenvalue weighted by atomic mass is 9.98. The maximum Gasteiger partial charge on any atom is 0.335 e. The Morgan fingerprint density at radius 2 is 1.83 bits per heavy atom. The summed E-state index contributed by atoms with van der Waals surface area (Å²) in [5, 5.41) is 38.1. The van der Waals surface area contributed by atoms with Gasteiger partial charge in [-0.1, -0.05) is 37.3 Å². The molecule has 0 radical (unpaired) electrons. The van der Waals surface area contributed by atoms with Crippen molar-refractivity contribution in [1.29, 1.82) is 0 Å². The first-order valence-corrected chi connectivity index (χ1v) is 7.48. The largest absolute Gasteiger partial charge is 0.479 e. The number of carboxylic acid groups (broad SMARTS) is 1. The predicted octanol–water partition coefficient (Wildman–Crippen LogP) is -0.226. The summed E-state index contributed by atoms with van der Waals surface area (Å²) in [5.41, 5.74) is 1.13. The third kappa shape index (κ3) is 4.49. The lowest BCUT2D eigenvalue weighted by Crippen LogP contribution is -2.60. The van der Waals surface area contributed by atoms with Gasteiger partial charge in [-0.2, -0.15) is 0 Å². The summed E-state index contributed by atoms with van der Waals surface area (Å²) in [6, 6.07) is 9.78. The fraction of sp³-hybridized carbons (Fsp3) is 0.562. The van der Waals surface area contributed by atoms with Gasteiger partial charge >= 0.3 is 5.97 Å². The first-order chi connectivity index (χ1) is 10.9. The molecule has 23 heavy (non-hydrogen) atoms. The van der Waals surface area contributed by atoms with Crippen molar-refractivity contribution in [2.24, 2.45) is 5.92 Å². The van der Waals surface area contributed by atoms with Crippen LogP contribution in [0.2, 0.25) is 0 Å². The first-order valence-electron chi connectivity index (χ1n) is 7.48. The van der Waals surface area contributed by atoms with Gasteiger partial charge in [-0.25, -0.2) is 4.79 Å². The van der Waals surface area contributed by atoms with Gasteiger partial charge in [0.05, 0.1) is 6.61 Å². The summed E-state index contributed by atoms with van der Waals surface area (Å²) in [6.07, 6.45) is -7.04. The minimum Gasteiger partial charge on any atom is -0.479 e. The van der Waals surface area contributed by atoms with Crippen molar-refractivity contribution in [1.82, 2.24) is 0 Å². The maximum absolute atomic E-state index is 11.0. The van der Waals surface area contributed by atoms with Crippen molar-refractivity contribution < 1.29 is 34.7 Å². The van der Waals surface area contributed by atoms with E-state index in [-0.39, 0.29) is 12.5 Å². The van der Waals surface area contributed by atoms with Gasteiger partial charge < -0.3 is 29.9 Å². The molecular formula is C16H22O7. The number of carbonyl (C=O) groups is 1. The van der Waals surface area contributed by atoms with Crippen LogP contribution < -0.4 is 0 Å². The smallest absolute Gasteiger partial charge is 0.335 e. The van der Waals surface area contributed by atoms with E-state index in [2.05, 4.69) is 0 Å². The number of hydrogen-bond donors (Lipinski definition) is 4. The van der Waals surface area contributed by atoms with Crippen molar-refractivity contribution in [2.75, 3.05) is 6.61 Å². The molecule has 1 heterocycles. The zero-order valence-electron chi connectivity index (χ0n) is 12.8. The Hall–Kier alpha value is -1.51. The molecule has 1 fully saturated rings. The number of benzene rings is 1. The summed E-state index contributed by atoms with van der Waals surface area (Å²) in [5.74, 6) is -1.32. The van der Waals surface area contributed by atoms with Crippen LogP contribution >= 0.6 is 0 Å². The molecule has 0 aliphatic carbocycles. The quantitative estimate of drug-likeness (QED) is 0.571. The molecule has 0 aromatic heterocycles. The van der Waals surface area contributed by atoms with E-state index in [9.17, 15) is 20.1 Å². The lowest BCUT2D eigenvalue weighted by molar-refractivity contribution is -0.295. The SMILES string of the molecule is CC(COC1OC(C(=O)O)C(O)C(O)C1O)Cc1ccccc1. The van der Waals surface area contributed by atoms with Crippen LogP contribution in [0.15, 0.2) is 30.3 Å². The molecule has 2 rings (SSSR count). The molecule has 128 valence electrons. The van der Waals surface area contributed by atoms with Crippen LogP contribution in [0.3, 0.4) is 0 Å². The second kappa shape index (κ2) is 7.85. The lowest BCUT2D eigenvalue weighted by Gasteiger charge is -2.38. The van der Waals surface area contributed by atoms with Gasteiger partial charge in [0.15, 0.2) is 12.4 Å². The van der Waals surface area contributed by atoms with Crippen LogP contribution in [0.1, 0.15) is 12.5 Å². The zero-order valence-corrected chi connectivity index (χ0v) is 12.8. The first kappa shape index (κ1) is 17.8. The minimum absolute atomic E-state index is 0.0977. The molecular weight excluding hydrogens is 304 g/mol. The summed E-state index contributed by atoms with van der Waals surface area (Å²) >= 11 is 0. The van der Waals surface area contributed by atoms with Crippen molar-refractivity contribution in [3.8, 4) is 0 Å². The molecule has 0 spiro atoms. The van der Waals surface area contributed by atoms with Gasteiger partial charge in [-0.3, -0.25) is 0 Å². The molecule has 0 saturated carbocycles. The number of aliphatic hydroxyl groups excluding tert-OH is 3. The van der Waals surface area contributed by atoms with Crippen molar-refractivity contribution >= 4 is 5.97 Å². The van der Waals surface area contributed by atoms with E-state index in [1.165, 1.54) is 0 Å². The monoisotopic (exact) mass is 326 g/mol. The van der Waals surface area contributed by atoms with E-state index < -0.39 is 36.7 Å². The number of rotatable bonds is 6. The molecule has 1 saturated heterocycles. The highest BCUT2D eigenvalue weighted by Gasteiger charge is 2.47. The number of carboxylic acids is 1. The van der Waals surface area contributed by atoms with E-state index >= 15 is 0 Å². The van der Waals surface area contributed by atoms with Crippen molar-refractivity contribution in [2.45, 2.75) is 44.1 Å². The summed E-state index contributed by atoms with van der Waals surface area (Å²) in [6.45, 7) is 2.16. The third-order valence-corrected chi connectivity index (χ3v) is 3.78. The number of aliphatic carboxylic acids is 1. The molecule has 1 aromatic rings. The number of ether oxygens (including phenoxy) is 2. The molecule has 0 amide bonds. The maximum atomic E-state index is 11.0. The fourth-order valence-electron chi connectivity index (χ4n) is 2.52. The number of hydrogen-bond acceptors (Lipinski definition) is 6. The Morgan fingerprint density at radius 1 is 1.17 bits per heavy atom. The zero-order chi connectivity index (χ0) is 17.0. The molecule has 4 N–H and O–H groups in total. The van der Waals surface area contributed by atoms with Crippen LogP contribution in [0.25, 0.3) is 0 Å². The fourth-order valence-corrected chi connectivity index (χ4v) is 2.52. The highest BCUT2D eigenvalue weighted by atomic mass is 16.7. The third-order valence-electron chi connectivity index (χ3n) is 3.78. The van der Waals surface area contributed by atoms with Gasteiger partial charge in [-0.15, -0.1) is 0 Å². The standard InChI is InChI=1S/C16H22O7/c1-9(7-10-5-3-2-4-6-10)8-22-16-13(19)11(17)12(18)14(23-16)15(20)21/h2-6,9,11-14,16-19H,7-8H2,1H3,(H,20,21). The van der Waals surface area contributed by atoms with Crippen LogP contribution in [0, 0.1) is 5.92 Å². The molecule has 0 bridgehead atoms. The highest BCUT2D eigenvalue weighted by molar-refractivity contribution is 5.73. The second-order valence-corrected chi connectivity index (χ2v) is 5.86. The molecule has 7 nitrogen and oxygen atoms in total. The van der Waals surface area contributed by atoms with Crippen LogP contribution in [0.5, 0.6) is 0 Å². The van der Waals surface area contributed by atoms with Gasteiger partial charge in [-0.05, 0) is 17.9 Å². The highest BCUT2D eigenvalue weighted by Crippen LogP contribution is 2.23. The molecule has 1 aliphatic heterocycles. The van der Waals surface area contributed by atoms with E-state index in [4.69, 9.17) is 14.6 Å². The Labute approximate surface area is 134 Å². The predicted molar refractivity (Wildman–Crippen MR) is 79.6 cm³/mol. The van der Waals surface area contributed by atoms with Crippen molar-refractivity contribution in [3.05, 3.63) is 35.9 Å². The Morgan fingerprint density at radius 3 is 2.43 bits per heavy atom. The van der Waals surface area contributed by atoms with Gasteiger partial charge in [0.25, 0.3) is 0 Å². The Balaban J connectivity index is 1.89. The summed E-state index contributed by atoms with van der Waals surface area (Å²) in [7, 11) is 0. The summed E-state index contributed by atoms with van der Waals surface area (Å²) < 4.78 is 10.5. The molecule has 7 heteroatoms. The molecule has 1 aromatic carbocycles. The molecule has 1 aliphatic rings. The summed E-state index contributed by atoms with van der Waals surface area (Å²) in [4.78, 5) is 11.0. The number of aliphatic hydroxyl groups is 3. The van der Waals surface area contributed by atoms with Gasteiger partial charge in [0, 0.05) is 0 Å². The van der Waals surface area contributed by atoms with Crippen LogP contribution in [-0.2, 0) is 20.7 Å².